The zero-order chi connectivity index (χ0) is 23.0. The second kappa shape index (κ2) is 8.57. The van der Waals surface area contributed by atoms with Crippen molar-refractivity contribution in [2.75, 3.05) is 6.61 Å². The summed E-state index contributed by atoms with van der Waals surface area (Å²) < 4.78 is 7.20. The van der Waals surface area contributed by atoms with Crippen molar-refractivity contribution in [3.63, 3.8) is 0 Å². The predicted octanol–water partition coefficient (Wildman–Crippen LogP) is 3.16. The van der Waals surface area contributed by atoms with Crippen LogP contribution in [0.25, 0.3) is 5.69 Å². The number of amides is 2. The molecule has 1 aromatic carbocycles. The molecule has 2 heterocycles. The highest BCUT2D eigenvalue weighted by atomic mass is 16.5. The molecular weight excluding hydrogens is 408 g/mol. The van der Waals surface area contributed by atoms with Gasteiger partial charge >= 0.3 is 5.97 Å². The van der Waals surface area contributed by atoms with Gasteiger partial charge in [0.05, 0.1) is 11.8 Å². The molecule has 2 amide bonds. The first kappa shape index (κ1) is 21.7. The van der Waals surface area contributed by atoms with Crippen LogP contribution in [-0.4, -0.2) is 45.7 Å². The lowest BCUT2D eigenvalue weighted by Gasteiger charge is -2.21. The van der Waals surface area contributed by atoms with Gasteiger partial charge < -0.3 is 9.30 Å². The molecule has 0 N–H and O–H groups in total. The van der Waals surface area contributed by atoms with E-state index in [-0.39, 0.29) is 17.6 Å². The number of Topliss-reactive ketones (excluding diaryl/α,β-unsaturated/α-hetero) is 1. The van der Waals surface area contributed by atoms with E-state index in [2.05, 4.69) is 0 Å². The van der Waals surface area contributed by atoms with Gasteiger partial charge in [0, 0.05) is 22.6 Å². The molecule has 0 radical (unpaired) electrons. The van der Waals surface area contributed by atoms with Crippen molar-refractivity contribution in [2.24, 2.45) is 11.8 Å². The van der Waals surface area contributed by atoms with Gasteiger partial charge in [-0.15, -0.1) is 0 Å². The van der Waals surface area contributed by atoms with Crippen LogP contribution in [0.15, 0.2) is 48.6 Å². The first-order chi connectivity index (χ1) is 15.3. The SMILES string of the molecule is Cc1cc(C(=O)COC(=O)[C@@H](C)N2C(=O)[C@H]3CC=CC[C@H]3C2=O)c(C)n1-c1ccccc1. The Labute approximate surface area is 186 Å². The Kier molecular flexibility index (Phi) is 5.82. The first-order valence-corrected chi connectivity index (χ1v) is 10.8. The van der Waals surface area contributed by atoms with E-state index in [1.165, 1.54) is 6.92 Å². The van der Waals surface area contributed by atoms with E-state index < -0.39 is 30.5 Å². The molecule has 1 aliphatic carbocycles. The standard InChI is InChI=1S/C25H26N2O5/c1-15-13-21(16(2)26(15)18-9-5-4-6-10-18)22(28)14-32-25(31)17(3)27-23(29)19-11-7-8-12-20(19)24(27)30/h4-10,13,17,19-20H,11-12,14H2,1-3H3/t17-,19-,20+/m1/s1. The molecule has 32 heavy (non-hydrogen) atoms. The van der Waals surface area contributed by atoms with Crippen LogP contribution in [0, 0.1) is 25.7 Å². The topological polar surface area (TPSA) is 85.7 Å². The van der Waals surface area contributed by atoms with Gasteiger partial charge in [-0.2, -0.15) is 0 Å². The zero-order valence-electron chi connectivity index (χ0n) is 18.4. The highest BCUT2D eigenvalue weighted by Crippen LogP contribution is 2.36. The van der Waals surface area contributed by atoms with Crippen LogP contribution in [0.3, 0.4) is 0 Å². The summed E-state index contributed by atoms with van der Waals surface area (Å²) in [5, 5.41) is 0. The van der Waals surface area contributed by atoms with E-state index in [1.807, 2.05) is 60.9 Å². The number of esters is 1. The van der Waals surface area contributed by atoms with E-state index >= 15 is 0 Å². The van der Waals surface area contributed by atoms with Crippen LogP contribution in [0.1, 0.15) is 41.5 Å². The molecule has 2 aromatic rings. The molecule has 1 fully saturated rings. The summed E-state index contributed by atoms with van der Waals surface area (Å²) in [6.45, 7) is 4.76. The Bertz CT molecular complexity index is 1090. The summed E-state index contributed by atoms with van der Waals surface area (Å²) in [4.78, 5) is 51.7. The molecule has 4 rings (SSSR count). The fourth-order valence-electron chi connectivity index (χ4n) is 4.67. The van der Waals surface area contributed by atoms with Crippen molar-refractivity contribution in [1.82, 2.24) is 9.47 Å². The van der Waals surface area contributed by atoms with Crippen molar-refractivity contribution >= 4 is 23.6 Å². The number of aryl methyl sites for hydroxylation is 1. The maximum atomic E-state index is 12.8. The Balaban J connectivity index is 1.43. The third kappa shape index (κ3) is 3.68. The van der Waals surface area contributed by atoms with Crippen LogP contribution >= 0.6 is 0 Å². The summed E-state index contributed by atoms with van der Waals surface area (Å²) in [6, 6.07) is 10.4. The third-order valence-electron chi connectivity index (χ3n) is 6.36. The normalized spacial score (nSPS) is 20.9. The van der Waals surface area contributed by atoms with Gasteiger partial charge in [0.25, 0.3) is 0 Å². The average Bonchev–Trinajstić information content (AvgIpc) is 3.24. The number of ether oxygens (including phenoxy) is 1. The minimum absolute atomic E-state index is 0.335. The van der Waals surface area contributed by atoms with Crippen molar-refractivity contribution in [3.8, 4) is 5.69 Å². The maximum Gasteiger partial charge on any atom is 0.329 e. The van der Waals surface area contributed by atoms with Gasteiger partial charge in [0.2, 0.25) is 17.6 Å². The van der Waals surface area contributed by atoms with Gasteiger partial charge in [-0.3, -0.25) is 19.3 Å². The number of aromatic nitrogens is 1. The van der Waals surface area contributed by atoms with E-state index in [0.29, 0.717) is 18.4 Å². The molecule has 3 atom stereocenters. The van der Waals surface area contributed by atoms with Crippen LogP contribution < -0.4 is 0 Å². The molecule has 1 aromatic heterocycles. The maximum absolute atomic E-state index is 12.8. The second-order valence-corrected chi connectivity index (χ2v) is 8.36. The van der Waals surface area contributed by atoms with Gasteiger partial charge in [0.15, 0.2) is 6.61 Å². The summed E-state index contributed by atoms with van der Waals surface area (Å²) in [5.41, 5.74) is 3.05. The number of ketones is 1. The molecule has 0 bridgehead atoms. The van der Waals surface area contributed by atoms with E-state index in [4.69, 9.17) is 4.74 Å². The lowest BCUT2D eigenvalue weighted by atomic mass is 9.85. The highest BCUT2D eigenvalue weighted by Gasteiger charge is 2.50. The molecule has 2 aliphatic rings. The minimum Gasteiger partial charge on any atom is -0.456 e. The molecular formula is C25H26N2O5. The lowest BCUT2D eigenvalue weighted by Crippen LogP contribution is -2.44. The van der Waals surface area contributed by atoms with Crippen molar-refractivity contribution < 1.29 is 23.9 Å². The van der Waals surface area contributed by atoms with Crippen LogP contribution in [0.5, 0.6) is 0 Å². The smallest absolute Gasteiger partial charge is 0.329 e. The number of allylic oxidation sites excluding steroid dienone is 2. The summed E-state index contributed by atoms with van der Waals surface area (Å²) in [6.07, 6.45) is 4.79. The number of hydrogen-bond donors (Lipinski definition) is 0. The fraction of sp³-hybridized carbons (Fsp3) is 0.360. The van der Waals surface area contributed by atoms with Gasteiger partial charge in [-0.05, 0) is 51.8 Å². The van der Waals surface area contributed by atoms with Crippen molar-refractivity contribution in [2.45, 2.75) is 39.7 Å². The quantitative estimate of drug-likeness (QED) is 0.302. The van der Waals surface area contributed by atoms with Crippen LogP contribution in [0.2, 0.25) is 0 Å². The van der Waals surface area contributed by atoms with Crippen LogP contribution in [0.4, 0.5) is 0 Å². The van der Waals surface area contributed by atoms with E-state index in [1.54, 1.807) is 6.07 Å². The number of carbonyl (C=O) groups is 4. The zero-order valence-corrected chi connectivity index (χ0v) is 18.4. The molecule has 0 saturated carbocycles. The molecule has 7 nitrogen and oxygen atoms in total. The molecule has 0 spiro atoms. The average molecular weight is 434 g/mol. The number of rotatable bonds is 6. The summed E-state index contributed by atoms with van der Waals surface area (Å²) >= 11 is 0. The number of imide groups is 1. The van der Waals surface area contributed by atoms with Gasteiger partial charge in [-0.25, -0.2) is 4.79 Å². The Morgan fingerprint density at radius 1 is 1.03 bits per heavy atom. The number of hydrogen-bond acceptors (Lipinski definition) is 5. The molecule has 166 valence electrons. The predicted molar refractivity (Wildman–Crippen MR) is 117 cm³/mol. The van der Waals surface area contributed by atoms with Gasteiger partial charge in [-0.1, -0.05) is 30.4 Å². The third-order valence-corrected chi connectivity index (χ3v) is 6.36. The summed E-state index contributed by atoms with van der Waals surface area (Å²) in [5.74, 6) is -2.60. The lowest BCUT2D eigenvalue weighted by molar-refractivity contribution is -0.157. The number of para-hydroxylation sites is 1. The molecule has 1 saturated heterocycles. The number of likely N-dealkylation sites (tertiary alicyclic amines) is 1. The fourth-order valence-corrected chi connectivity index (χ4v) is 4.67. The van der Waals surface area contributed by atoms with Crippen LogP contribution in [-0.2, 0) is 19.1 Å². The van der Waals surface area contributed by atoms with E-state index in [9.17, 15) is 19.2 Å². The Hall–Kier alpha value is -3.48. The summed E-state index contributed by atoms with van der Waals surface area (Å²) in [7, 11) is 0. The largest absolute Gasteiger partial charge is 0.456 e. The Morgan fingerprint density at radius 3 is 2.22 bits per heavy atom. The number of nitrogens with zero attached hydrogens (tertiary/aromatic N) is 2. The second-order valence-electron chi connectivity index (χ2n) is 8.36. The Morgan fingerprint density at radius 2 is 1.62 bits per heavy atom. The molecule has 7 heteroatoms. The first-order valence-electron chi connectivity index (χ1n) is 10.8. The van der Waals surface area contributed by atoms with E-state index in [0.717, 1.165) is 22.0 Å². The highest BCUT2D eigenvalue weighted by molar-refractivity contribution is 6.08. The van der Waals surface area contributed by atoms with Crippen molar-refractivity contribution in [3.05, 3.63) is 65.5 Å². The minimum atomic E-state index is -1.06. The molecule has 1 aliphatic heterocycles. The van der Waals surface area contributed by atoms with Gasteiger partial charge in [0.1, 0.15) is 6.04 Å². The monoisotopic (exact) mass is 434 g/mol. The number of carbonyl (C=O) groups excluding carboxylic acids is 4. The molecule has 0 unspecified atom stereocenters. The number of fused-ring (bicyclic) bond motifs is 1. The van der Waals surface area contributed by atoms with Crippen molar-refractivity contribution in [1.29, 1.82) is 0 Å². The number of benzene rings is 1.